The van der Waals surface area contributed by atoms with Crippen molar-refractivity contribution in [2.45, 2.75) is 31.7 Å². The Labute approximate surface area is 141 Å². The van der Waals surface area contributed by atoms with Gasteiger partial charge in [-0.05, 0) is 56.7 Å². The Bertz CT molecular complexity index is 815. The van der Waals surface area contributed by atoms with E-state index in [0.29, 0.717) is 12.1 Å². The fourth-order valence-corrected chi connectivity index (χ4v) is 4.65. The highest BCUT2D eigenvalue weighted by molar-refractivity contribution is 7.91. The van der Waals surface area contributed by atoms with E-state index in [0.717, 1.165) is 0 Å². The highest BCUT2D eigenvalue weighted by atomic mass is 32.2. The van der Waals surface area contributed by atoms with Crippen molar-refractivity contribution >= 4 is 21.2 Å². The largest absolute Gasteiger partial charge is 0.309 e. The smallest absolute Gasteiger partial charge is 0.179 e. The molecule has 0 saturated heterocycles. The van der Waals surface area contributed by atoms with Crippen LogP contribution < -0.4 is 5.32 Å². The third-order valence-electron chi connectivity index (χ3n) is 3.71. The zero-order valence-corrected chi connectivity index (χ0v) is 15.1. The number of benzene rings is 1. The van der Waals surface area contributed by atoms with E-state index in [2.05, 4.69) is 25.2 Å². The Hall–Kier alpha value is -1.68. The van der Waals surface area contributed by atoms with Gasteiger partial charge in [0, 0.05) is 22.3 Å². The van der Waals surface area contributed by atoms with Crippen LogP contribution in [0.15, 0.2) is 35.2 Å². The summed E-state index contributed by atoms with van der Waals surface area (Å²) in [6, 6.07) is 10.3. The minimum atomic E-state index is -3.34. The lowest BCUT2D eigenvalue weighted by Crippen LogP contribution is -2.26. The number of aryl methyl sites for hydroxylation is 2. The van der Waals surface area contributed by atoms with Crippen molar-refractivity contribution < 1.29 is 8.42 Å². The first-order valence-electron chi connectivity index (χ1n) is 7.36. The third-order valence-corrected chi connectivity index (χ3v) is 6.42. The van der Waals surface area contributed by atoms with Gasteiger partial charge in [0.2, 0.25) is 0 Å². The number of thiophene rings is 1. The number of rotatable bonds is 6. The van der Waals surface area contributed by atoms with Gasteiger partial charge in [-0.25, -0.2) is 8.42 Å². The summed E-state index contributed by atoms with van der Waals surface area (Å²) in [4.78, 5) is 2.78. The van der Waals surface area contributed by atoms with Gasteiger partial charge >= 0.3 is 0 Å². The molecule has 0 fully saturated rings. The maximum atomic E-state index is 12.3. The minimum absolute atomic E-state index is 0.0331. The summed E-state index contributed by atoms with van der Waals surface area (Å²) < 4.78 is 24.6. The summed E-state index contributed by atoms with van der Waals surface area (Å²) in [7, 11) is -3.34. The molecule has 1 atom stereocenters. The van der Waals surface area contributed by atoms with Gasteiger partial charge in [0.05, 0.1) is 22.3 Å². The van der Waals surface area contributed by atoms with Crippen molar-refractivity contribution in [1.82, 2.24) is 5.32 Å². The molecule has 0 aliphatic rings. The highest BCUT2D eigenvalue weighted by Gasteiger charge is 2.16. The average Bonchev–Trinajstić information content (AvgIpc) is 2.86. The van der Waals surface area contributed by atoms with E-state index in [9.17, 15) is 8.42 Å². The van der Waals surface area contributed by atoms with E-state index in [1.807, 2.05) is 13.0 Å². The van der Waals surface area contributed by atoms with Crippen molar-refractivity contribution in [1.29, 1.82) is 5.26 Å². The SMILES string of the molecule is Cc1cc([C@H](C)NCCS(=O)(=O)c2ccc(C#N)cc2)c(C)s1. The number of nitrogens with zero attached hydrogens (tertiary/aromatic N) is 1. The first-order valence-corrected chi connectivity index (χ1v) is 9.83. The second-order valence-electron chi connectivity index (χ2n) is 5.50. The number of nitrogens with one attached hydrogen (secondary N) is 1. The molecular formula is C17H20N2O2S2. The van der Waals surface area contributed by atoms with Crippen LogP contribution in [0.4, 0.5) is 0 Å². The molecule has 6 heteroatoms. The monoisotopic (exact) mass is 348 g/mol. The Morgan fingerprint density at radius 2 is 1.91 bits per heavy atom. The lowest BCUT2D eigenvalue weighted by atomic mass is 10.1. The van der Waals surface area contributed by atoms with Crippen molar-refractivity contribution in [3.8, 4) is 6.07 Å². The molecule has 2 aromatic rings. The van der Waals surface area contributed by atoms with Crippen LogP contribution >= 0.6 is 11.3 Å². The molecule has 1 heterocycles. The topological polar surface area (TPSA) is 70.0 Å². The van der Waals surface area contributed by atoms with E-state index in [1.54, 1.807) is 11.3 Å². The van der Waals surface area contributed by atoms with Gasteiger partial charge in [-0.3, -0.25) is 0 Å². The molecule has 1 N–H and O–H groups in total. The van der Waals surface area contributed by atoms with E-state index in [1.165, 1.54) is 39.6 Å². The molecule has 0 spiro atoms. The van der Waals surface area contributed by atoms with Crippen molar-refractivity contribution in [2.75, 3.05) is 12.3 Å². The maximum Gasteiger partial charge on any atom is 0.179 e. The average molecular weight is 348 g/mol. The van der Waals surface area contributed by atoms with Crippen LogP contribution in [0.25, 0.3) is 0 Å². The number of hydrogen-bond acceptors (Lipinski definition) is 5. The predicted octanol–water partition coefficient (Wildman–Crippen LogP) is 3.36. The standard InChI is InChI=1S/C17H20N2O2S2/c1-12-10-17(14(3)22-12)13(2)19-8-9-23(20,21)16-6-4-15(11-18)5-7-16/h4-7,10,13,19H,8-9H2,1-3H3/t13-/m0/s1. The molecule has 0 aliphatic heterocycles. The Balaban J connectivity index is 1.96. The first kappa shape index (κ1) is 17.7. The molecule has 0 unspecified atom stereocenters. The van der Waals surface area contributed by atoms with Gasteiger partial charge < -0.3 is 5.32 Å². The summed E-state index contributed by atoms with van der Waals surface area (Å²) in [6.07, 6.45) is 0. The van der Waals surface area contributed by atoms with Gasteiger partial charge in [-0.15, -0.1) is 11.3 Å². The Morgan fingerprint density at radius 1 is 1.26 bits per heavy atom. The summed E-state index contributed by atoms with van der Waals surface area (Å²) in [6.45, 7) is 6.59. The first-order chi connectivity index (χ1) is 10.8. The molecule has 4 nitrogen and oxygen atoms in total. The fraction of sp³-hybridized carbons (Fsp3) is 0.353. The summed E-state index contributed by atoms with van der Waals surface area (Å²) in [5.41, 5.74) is 1.68. The molecule has 2 rings (SSSR count). The normalized spacial score (nSPS) is 12.8. The number of nitriles is 1. The maximum absolute atomic E-state index is 12.3. The summed E-state index contributed by atoms with van der Waals surface area (Å²) in [5.74, 6) is 0.0331. The quantitative estimate of drug-likeness (QED) is 0.869. The van der Waals surface area contributed by atoms with E-state index < -0.39 is 9.84 Å². The zero-order valence-electron chi connectivity index (χ0n) is 13.5. The highest BCUT2D eigenvalue weighted by Crippen LogP contribution is 2.26. The Morgan fingerprint density at radius 3 is 2.43 bits per heavy atom. The number of hydrogen-bond donors (Lipinski definition) is 1. The second-order valence-corrected chi connectivity index (χ2v) is 9.07. The molecule has 0 amide bonds. The minimum Gasteiger partial charge on any atom is -0.309 e. The van der Waals surface area contributed by atoms with Gasteiger partial charge in [0.25, 0.3) is 0 Å². The third kappa shape index (κ3) is 4.41. The predicted molar refractivity (Wildman–Crippen MR) is 93.4 cm³/mol. The summed E-state index contributed by atoms with van der Waals surface area (Å²) in [5, 5.41) is 12.0. The Kier molecular flexibility index (Phi) is 5.58. The molecule has 1 aromatic heterocycles. The molecule has 23 heavy (non-hydrogen) atoms. The van der Waals surface area contributed by atoms with Crippen molar-refractivity contribution in [3.05, 3.63) is 51.2 Å². The molecule has 1 aromatic carbocycles. The zero-order chi connectivity index (χ0) is 17.0. The van der Waals surface area contributed by atoms with Gasteiger partial charge in [-0.2, -0.15) is 5.26 Å². The molecule has 0 aliphatic carbocycles. The van der Waals surface area contributed by atoms with E-state index in [-0.39, 0.29) is 16.7 Å². The molecular weight excluding hydrogens is 328 g/mol. The second kappa shape index (κ2) is 7.26. The number of sulfone groups is 1. The van der Waals surface area contributed by atoms with Crippen molar-refractivity contribution in [2.24, 2.45) is 0 Å². The van der Waals surface area contributed by atoms with Gasteiger partial charge in [0.15, 0.2) is 9.84 Å². The molecule has 0 saturated carbocycles. The van der Waals surface area contributed by atoms with E-state index in [4.69, 9.17) is 5.26 Å². The lowest BCUT2D eigenvalue weighted by molar-refractivity contribution is 0.572. The summed E-state index contributed by atoms with van der Waals surface area (Å²) >= 11 is 1.75. The molecule has 0 radical (unpaired) electrons. The van der Waals surface area contributed by atoms with Crippen LogP contribution in [0, 0.1) is 25.2 Å². The van der Waals surface area contributed by atoms with Crippen LogP contribution in [0.5, 0.6) is 0 Å². The van der Waals surface area contributed by atoms with Crippen molar-refractivity contribution in [3.63, 3.8) is 0 Å². The van der Waals surface area contributed by atoms with Crippen LogP contribution in [-0.4, -0.2) is 20.7 Å². The molecule has 0 bridgehead atoms. The molecule has 122 valence electrons. The van der Waals surface area contributed by atoms with Crippen LogP contribution in [-0.2, 0) is 9.84 Å². The lowest BCUT2D eigenvalue weighted by Gasteiger charge is -2.14. The van der Waals surface area contributed by atoms with Gasteiger partial charge in [-0.1, -0.05) is 0 Å². The fourth-order valence-electron chi connectivity index (χ4n) is 2.45. The van der Waals surface area contributed by atoms with Crippen LogP contribution in [0.3, 0.4) is 0 Å². The van der Waals surface area contributed by atoms with Crippen LogP contribution in [0.2, 0.25) is 0 Å². The van der Waals surface area contributed by atoms with E-state index >= 15 is 0 Å². The van der Waals surface area contributed by atoms with Gasteiger partial charge in [0.1, 0.15) is 0 Å². The van der Waals surface area contributed by atoms with Crippen LogP contribution in [0.1, 0.15) is 33.8 Å².